The van der Waals surface area contributed by atoms with Gasteiger partial charge in [0.1, 0.15) is 10.9 Å². The van der Waals surface area contributed by atoms with Crippen LogP contribution >= 0.6 is 11.3 Å². The zero-order valence-electron chi connectivity index (χ0n) is 15.3. The molecule has 2 heterocycles. The smallest absolute Gasteiger partial charge is 0.347 e. The molecule has 9 nitrogen and oxygen atoms in total. The number of nitrogens with zero attached hydrogens (tertiary/aromatic N) is 2. The van der Waals surface area contributed by atoms with E-state index in [2.05, 4.69) is 15.3 Å². The predicted molar refractivity (Wildman–Crippen MR) is 105 cm³/mol. The summed E-state index contributed by atoms with van der Waals surface area (Å²) in [5, 5.41) is 12.0. The normalized spacial score (nSPS) is 12.3. The fourth-order valence-electron chi connectivity index (χ4n) is 2.97. The minimum atomic E-state index is -1.14. The number of rotatable bonds is 5. The molecule has 0 bridgehead atoms. The molecule has 1 amide bonds. The van der Waals surface area contributed by atoms with Gasteiger partial charge in [-0.1, -0.05) is 37.3 Å². The third-order valence-corrected chi connectivity index (χ3v) is 5.30. The Kier molecular flexibility index (Phi) is 5.14. The van der Waals surface area contributed by atoms with Crippen molar-refractivity contribution in [2.45, 2.75) is 26.8 Å². The van der Waals surface area contributed by atoms with Gasteiger partial charge in [0.25, 0.3) is 5.56 Å². The molecule has 10 heteroatoms. The van der Waals surface area contributed by atoms with Crippen LogP contribution in [0.1, 0.15) is 35.3 Å². The van der Waals surface area contributed by atoms with Crippen molar-refractivity contribution in [2.24, 2.45) is 5.92 Å². The zero-order valence-corrected chi connectivity index (χ0v) is 16.2. The van der Waals surface area contributed by atoms with Gasteiger partial charge < -0.3 is 15.4 Å². The van der Waals surface area contributed by atoms with Gasteiger partial charge in [-0.2, -0.15) is 0 Å². The Morgan fingerprint density at radius 2 is 1.93 bits per heavy atom. The number of hydrogen-bond donors (Lipinski definition) is 3. The Morgan fingerprint density at radius 1 is 1.25 bits per heavy atom. The number of carboxylic acids is 1. The Labute approximate surface area is 162 Å². The number of anilines is 1. The number of hydrogen-bond acceptors (Lipinski definition) is 6. The number of aryl methyl sites for hydroxylation is 1. The topological polar surface area (TPSA) is 134 Å². The van der Waals surface area contributed by atoms with E-state index in [9.17, 15) is 19.2 Å². The van der Waals surface area contributed by atoms with Crippen molar-refractivity contribution in [3.8, 4) is 0 Å². The molecule has 146 valence electrons. The number of nitrogens with one attached hydrogen (secondary N) is 2. The van der Waals surface area contributed by atoms with Crippen LogP contribution in [0.25, 0.3) is 10.9 Å². The molecule has 0 radical (unpaired) electrons. The third-order valence-electron chi connectivity index (χ3n) is 4.24. The summed E-state index contributed by atoms with van der Waals surface area (Å²) in [5.41, 5.74) is -0.609. The summed E-state index contributed by atoms with van der Waals surface area (Å²) < 4.78 is 0.890. The van der Waals surface area contributed by atoms with Gasteiger partial charge in [-0.25, -0.2) is 19.1 Å². The van der Waals surface area contributed by atoms with E-state index in [1.165, 1.54) is 6.92 Å². The van der Waals surface area contributed by atoms with Gasteiger partial charge in [0.15, 0.2) is 5.13 Å². The van der Waals surface area contributed by atoms with Gasteiger partial charge >= 0.3 is 11.7 Å². The van der Waals surface area contributed by atoms with Crippen molar-refractivity contribution in [1.29, 1.82) is 0 Å². The summed E-state index contributed by atoms with van der Waals surface area (Å²) in [4.78, 5) is 56.1. The third kappa shape index (κ3) is 3.46. The first kappa shape index (κ1) is 19.5. The molecule has 28 heavy (non-hydrogen) atoms. The first-order chi connectivity index (χ1) is 13.2. The summed E-state index contributed by atoms with van der Waals surface area (Å²) in [6.45, 7) is 4.94. The van der Waals surface area contributed by atoms with Crippen LogP contribution in [0.15, 0.2) is 33.9 Å². The van der Waals surface area contributed by atoms with E-state index >= 15 is 0 Å². The number of H-pyrrole nitrogens is 1. The molecule has 0 spiro atoms. The van der Waals surface area contributed by atoms with Crippen LogP contribution in [0.3, 0.4) is 0 Å². The number of benzene rings is 1. The van der Waals surface area contributed by atoms with E-state index in [0.29, 0.717) is 10.9 Å². The number of aromatic amines is 1. The molecule has 0 aliphatic rings. The predicted octanol–water partition coefficient (Wildman–Crippen LogP) is 1.99. The number of carboxylic acid groups (broad SMARTS) is 1. The second kappa shape index (κ2) is 7.39. The average Bonchev–Trinajstić information content (AvgIpc) is 2.98. The summed E-state index contributed by atoms with van der Waals surface area (Å²) in [5.74, 6) is -2.15. The lowest BCUT2D eigenvalue weighted by molar-refractivity contribution is -0.120. The molecule has 1 aromatic carbocycles. The van der Waals surface area contributed by atoms with Gasteiger partial charge in [0.05, 0.1) is 16.6 Å². The van der Waals surface area contributed by atoms with E-state index in [1.807, 2.05) is 0 Å². The number of carbonyl (C=O) groups is 2. The fraction of sp³-hybridized carbons (Fsp3) is 0.278. The molecule has 1 unspecified atom stereocenters. The van der Waals surface area contributed by atoms with Crippen molar-refractivity contribution in [1.82, 2.24) is 14.5 Å². The standard InChI is InChI=1S/C18H18N4O5S/c1-8(2)12(14(23)21-17-19-9(3)13(28-17)16(25)26)22-15(24)10-6-4-5-7-11(10)20-18(22)27/h4-8,12H,1-3H3,(H,20,27)(H,25,26)(H,19,21,23). The second-order valence-corrected chi connectivity index (χ2v) is 7.57. The minimum Gasteiger partial charge on any atom is -0.477 e. The summed E-state index contributed by atoms with van der Waals surface area (Å²) in [6, 6.07) is 5.45. The highest BCUT2D eigenvalue weighted by atomic mass is 32.1. The Hall–Kier alpha value is -3.27. The second-order valence-electron chi connectivity index (χ2n) is 6.57. The maximum atomic E-state index is 12.9. The number of fused-ring (bicyclic) bond motifs is 1. The molecule has 0 aliphatic heterocycles. The maximum absolute atomic E-state index is 12.9. The van der Waals surface area contributed by atoms with Crippen LogP contribution in [-0.2, 0) is 4.79 Å². The lowest BCUT2D eigenvalue weighted by atomic mass is 10.0. The van der Waals surface area contributed by atoms with Gasteiger partial charge in [0.2, 0.25) is 5.91 Å². The molecule has 0 saturated heterocycles. The molecular weight excluding hydrogens is 384 g/mol. The molecule has 0 fully saturated rings. The minimum absolute atomic E-state index is 0.0112. The van der Waals surface area contributed by atoms with E-state index in [4.69, 9.17) is 5.11 Å². The number of carbonyl (C=O) groups excluding carboxylic acids is 1. The van der Waals surface area contributed by atoms with Gasteiger partial charge in [-0.3, -0.25) is 9.59 Å². The van der Waals surface area contributed by atoms with E-state index in [0.717, 1.165) is 15.9 Å². The van der Waals surface area contributed by atoms with Crippen LogP contribution in [0.5, 0.6) is 0 Å². The quantitative estimate of drug-likeness (QED) is 0.597. The molecule has 0 aliphatic carbocycles. The molecule has 3 N–H and O–H groups in total. The van der Waals surface area contributed by atoms with Crippen LogP contribution in [-0.4, -0.2) is 31.5 Å². The number of aromatic nitrogens is 3. The fourth-order valence-corrected chi connectivity index (χ4v) is 3.78. The number of thiazole rings is 1. The largest absolute Gasteiger partial charge is 0.477 e. The van der Waals surface area contributed by atoms with E-state index < -0.39 is 29.2 Å². The molecular formula is C18H18N4O5S. The molecule has 3 rings (SSSR count). The highest BCUT2D eigenvalue weighted by Crippen LogP contribution is 2.24. The number of amides is 1. The molecule has 3 aromatic rings. The lowest BCUT2D eigenvalue weighted by Gasteiger charge is -2.21. The average molecular weight is 402 g/mol. The molecule has 2 aromatic heterocycles. The van der Waals surface area contributed by atoms with Crippen LogP contribution < -0.4 is 16.6 Å². The van der Waals surface area contributed by atoms with Gasteiger partial charge in [-0.05, 0) is 25.0 Å². The molecule has 1 atom stereocenters. The summed E-state index contributed by atoms with van der Waals surface area (Å²) in [6.07, 6.45) is 0. The van der Waals surface area contributed by atoms with Crippen LogP contribution in [0.4, 0.5) is 5.13 Å². The highest BCUT2D eigenvalue weighted by molar-refractivity contribution is 7.17. The van der Waals surface area contributed by atoms with Crippen LogP contribution in [0, 0.1) is 12.8 Å². The van der Waals surface area contributed by atoms with Crippen molar-refractivity contribution in [3.63, 3.8) is 0 Å². The Balaban J connectivity index is 2.05. The zero-order chi connectivity index (χ0) is 20.6. The number of aromatic carboxylic acids is 1. The van der Waals surface area contributed by atoms with Crippen molar-refractivity contribution < 1.29 is 14.7 Å². The van der Waals surface area contributed by atoms with Crippen molar-refractivity contribution >= 4 is 39.2 Å². The van der Waals surface area contributed by atoms with Crippen molar-refractivity contribution in [2.75, 3.05) is 5.32 Å². The number of para-hydroxylation sites is 1. The first-order valence-electron chi connectivity index (χ1n) is 8.46. The lowest BCUT2D eigenvalue weighted by Crippen LogP contribution is -2.44. The molecule has 0 saturated carbocycles. The van der Waals surface area contributed by atoms with E-state index in [1.54, 1.807) is 38.1 Å². The highest BCUT2D eigenvalue weighted by Gasteiger charge is 2.29. The maximum Gasteiger partial charge on any atom is 0.347 e. The van der Waals surface area contributed by atoms with Gasteiger partial charge in [-0.15, -0.1) is 0 Å². The van der Waals surface area contributed by atoms with Crippen molar-refractivity contribution in [3.05, 3.63) is 55.7 Å². The summed E-state index contributed by atoms with van der Waals surface area (Å²) in [7, 11) is 0. The summed E-state index contributed by atoms with van der Waals surface area (Å²) >= 11 is 0.815. The van der Waals surface area contributed by atoms with Gasteiger partial charge in [0, 0.05) is 0 Å². The van der Waals surface area contributed by atoms with Crippen LogP contribution in [0.2, 0.25) is 0 Å². The first-order valence-corrected chi connectivity index (χ1v) is 9.27. The Bertz CT molecular complexity index is 1190. The SMILES string of the molecule is Cc1nc(NC(=O)C(C(C)C)n2c(=O)[nH]c3ccccc3c2=O)sc1C(=O)O. The Morgan fingerprint density at radius 3 is 2.54 bits per heavy atom. The monoisotopic (exact) mass is 402 g/mol. The van der Waals surface area contributed by atoms with E-state index in [-0.39, 0.29) is 21.6 Å².